The van der Waals surface area contributed by atoms with Crippen LogP contribution in [0.5, 0.6) is 0 Å². The second kappa shape index (κ2) is 5.43. The Hall–Kier alpha value is -1.57. The molecule has 0 radical (unpaired) electrons. The van der Waals surface area contributed by atoms with Gasteiger partial charge < -0.3 is 14.8 Å². The number of hydrogen-bond donors (Lipinski definition) is 1. The monoisotopic (exact) mass is 290 g/mol. The average molecular weight is 290 g/mol. The molecule has 20 heavy (non-hydrogen) atoms. The third kappa shape index (κ3) is 2.79. The molecule has 0 aliphatic carbocycles. The van der Waals surface area contributed by atoms with Crippen molar-refractivity contribution in [2.75, 3.05) is 19.6 Å². The number of imidazole rings is 1. The number of nitrogens with zero attached hydrogens (tertiary/aromatic N) is 3. The Balaban J connectivity index is 2.24. The number of aryl methyl sites for hydroxylation is 1. The molecule has 0 aromatic carbocycles. The Bertz CT molecular complexity index is 485. The van der Waals surface area contributed by atoms with Gasteiger partial charge in [0, 0.05) is 39.1 Å². The molecule has 1 amide bonds. The first kappa shape index (κ1) is 14.8. The summed E-state index contributed by atoms with van der Waals surface area (Å²) in [4.78, 5) is 17.5. The van der Waals surface area contributed by atoms with Crippen molar-refractivity contribution in [3.63, 3.8) is 0 Å². The molecule has 1 fully saturated rings. The number of hydrogen-bond acceptors (Lipinski definition) is 3. The molecule has 1 aliphatic rings. The van der Waals surface area contributed by atoms with E-state index < -0.39 is 24.0 Å². The molecular formula is C12H17F3N4O. The lowest BCUT2D eigenvalue weighted by molar-refractivity contribution is -0.187. The van der Waals surface area contributed by atoms with Crippen LogP contribution in [0.1, 0.15) is 18.8 Å². The quantitative estimate of drug-likeness (QED) is 0.887. The maximum absolute atomic E-state index is 12.7. The van der Waals surface area contributed by atoms with Crippen LogP contribution in [0.2, 0.25) is 0 Å². The van der Waals surface area contributed by atoms with Crippen LogP contribution in [0.3, 0.4) is 0 Å². The number of amides is 1. The van der Waals surface area contributed by atoms with E-state index in [0.717, 1.165) is 6.92 Å². The number of alkyl halides is 3. The van der Waals surface area contributed by atoms with Gasteiger partial charge in [0.2, 0.25) is 5.91 Å². The lowest BCUT2D eigenvalue weighted by Crippen LogP contribution is -2.52. The Morgan fingerprint density at radius 2 is 2.25 bits per heavy atom. The van der Waals surface area contributed by atoms with Crippen LogP contribution in [-0.4, -0.2) is 46.2 Å². The van der Waals surface area contributed by atoms with Gasteiger partial charge in [-0.1, -0.05) is 0 Å². The van der Waals surface area contributed by atoms with Gasteiger partial charge in [0.05, 0.1) is 0 Å². The van der Waals surface area contributed by atoms with Gasteiger partial charge in [-0.05, 0) is 6.92 Å². The van der Waals surface area contributed by atoms with Crippen LogP contribution in [0.15, 0.2) is 12.4 Å². The van der Waals surface area contributed by atoms with Crippen LogP contribution in [0.25, 0.3) is 0 Å². The fraction of sp³-hybridized carbons (Fsp3) is 0.667. The number of halogens is 3. The summed E-state index contributed by atoms with van der Waals surface area (Å²) in [5.74, 6) is -2.31. The highest BCUT2D eigenvalue weighted by atomic mass is 19.4. The third-order valence-electron chi connectivity index (χ3n) is 3.54. The fourth-order valence-corrected chi connectivity index (χ4v) is 2.29. The van der Waals surface area contributed by atoms with Gasteiger partial charge in [-0.25, -0.2) is 4.98 Å². The summed E-state index contributed by atoms with van der Waals surface area (Å²) in [6.45, 7) is 2.04. The standard InChI is InChI=1S/C12H17F3N4O/c1-8(12(13,14)15)11(20)19-6-3-16-7-9(19)10-17-4-5-18(10)2/h4-5,8-9,16H,3,6-7H2,1-2H3. The minimum absolute atomic E-state index is 0.247. The highest BCUT2D eigenvalue weighted by Crippen LogP contribution is 2.30. The number of carbonyl (C=O) groups is 1. The third-order valence-corrected chi connectivity index (χ3v) is 3.54. The molecule has 1 aromatic heterocycles. The lowest BCUT2D eigenvalue weighted by atomic mass is 10.1. The first-order valence-corrected chi connectivity index (χ1v) is 6.37. The van der Waals surface area contributed by atoms with Gasteiger partial charge in [0.25, 0.3) is 0 Å². The van der Waals surface area contributed by atoms with E-state index in [1.165, 1.54) is 4.90 Å². The fourth-order valence-electron chi connectivity index (χ4n) is 2.29. The number of carbonyl (C=O) groups excluding carboxylic acids is 1. The predicted molar refractivity (Wildman–Crippen MR) is 65.8 cm³/mol. The summed E-state index contributed by atoms with van der Waals surface area (Å²) in [5.41, 5.74) is 0. The van der Waals surface area contributed by atoms with Crippen molar-refractivity contribution in [3.05, 3.63) is 18.2 Å². The van der Waals surface area contributed by atoms with Crippen molar-refractivity contribution >= 4 is 5.91 Å². The van der Waals surface area contributed by atoms with Gasteiger partial charge in [-0.3, -0.25) is 4.79 Å². The molecule has 1 aromatic rings. The van der Waals surface area contributed by atoms with Crippen molar-refractivity contribution in [1.29, 1.82) is 0 Å². The molecule has 0 spiro atoms. The van der Waals surface area contributed by atoms with E-state index in [2.05, 4.69) is 10.3 Å². The van der Waals surface area contributed by atoms with Gasteiger partial charge >= 0.3 is 6.18 Å². The van der Waals surface area contributed by atoms with Crippen molar-refractivity contribution in [2.24, 2.45) is 13.0 Å². The van der Waals surface area contributed by atoms with E-state index in [0.29, 0.717) is 18.9 Å². The molecule has 8 heteroatoms. The van der Waals surface area contributed by atoms with E-state index in [-0.39, 0.29) is 6.54 Å². The average Bonchev–Trinajstić information content (AvgIpc) is 2.82. The minimum atomic E-state index is -4.52. The highest BCUT2D eigenvalue weighted by molar-refractivity contribution is 5.79. The summed E-state index contributed by atoms with van der Waals surface area (Å²) in [6, 6.07) is -0.471. The van der Waals surface area contributed by atoms with E-state index in [1.807, 2.05) is 0 Å². The van der Waals surface area contributed by atoms with Crippen molar-refractivity contribution in [1.82, 2.24) is 19.8 Å². The molecule has 1 saturated heterocycles. The number of piperazine rings is 1. The molecule has 2 atom stereocenters. The smallest absolute Gasteiger partial charge is 0.336 e. The van der Waals surface area contributed by atoms with E-state index in [9.17, 15) is 18.0 Å². The second-order valence-electron chi connectivity index (χ2n) is 4.91. The van der Waals surface area contributed by atoms with E-state index >= 15 is 0 Å². The molecule has 0 bridgehead atoms. The molecule has 2 heterocycles. The van der Waals surface area contributed by atoms with Gasteiger partial charge in [-0.2, -0.15) is 13.2 Å². The Kier molecular flexibility index (Phi) is 4.03. The Labute approximate surface area is 114 Å². The summed E-state index contributed by atoms with van der Waals surface area (Å²) >= 11 is 0. The van der Waals surface area contributed by atoms with Crippen molar-refractivity contribution in [2.45, 2.75) is 19.1 Å². The van der Waals surface area contributed by atoms with E-state index in [1.54, 1.807) is 24.0 Å². The van der Waals surface area contributed by atoms with Crippen molar-refractivity contribution < 1.29 is 18.0 Å². The zero-order valence-electron chi connectivity index (χ0n) is 11.3. The topological polar surface area (TPSA) is 50.2 Å². The maximum Gasteiger partial charge on any atom is 0.400 e. The molecule has 112 valence electrons. The summed E-state index contributed by atoms with van der Waals surface area (Å²) in [5, 5.41) is 3.08. The van der Waals surface area contributed by atoms with Crippen LogP contribution >= 0.6 is 0 Å². The first-order valence-electron chi connectivity index (χ1n) is 6.37. The zero-order chi connectivity index (χ0) is 14.9. The first-order chi connectivity index (χ1) is 9.32. The van der Waals surface area contributed by atoms with Gasteiger partial charge in [-0.15, -0.1) is 0 Å². The Morgan fingerprint density at radius 3 is 2.80 bits per heavy atom. The van der Waals surface area contributed by atoms with Crippen LogP contribution < -0.4 is 5.32 Å². The number of aromatic nitrogens is 2. The minimum Gasteiger partial charge on any atom is -0.336 e. The van der Waals surface area contributed by atoms with Crippen LogP contribution in [0, 0.1) is 5.92 Å². The molecule has 0 saturated carbocycles. The van der Waals surface area contributed by atoms with Gasteiger partial charge in [0.15, 0.2) is 0 Å². The number of nitrogens with one attached hydrogen (secondary N) is 1. The molecule has 1 N–H and O–H groups in total. The molecule has 2 unspecified atom stereocenters. The maximum atomic E-state index is 12.7. The van der Waals surface area contributed by atoms with Crippen molar-refractivity contribution in [3.8, 4) is 0 Å². The summed E-state index contributed by atoms with van der Waals surface area (Å²) in [7, 11) is 1.76. The molecule has 2 rings (SSSR count). The molecular weight excluding hydrogens is 273 g/mol. The second-order valence-corrected chi connectivity index (χ2v) is 4.91. The SMILES string of the molecule is CC(C(=O)N1CCNCC1c1nccn1C)C(F)(F)F. The number of rotatable bonds is 2. The molecule has 5 nitrogen and oxygen atoms in total. The van der Waals surface area contributed by atoms with Crippen LogP contribution in [0.4, 0.5) is 13.2 Å². The lowest BCUT2D eigenvalue weighted by Gasteiger charge is -2.37. The van der Waals surface area contributed by atoms with E-state index in [4.69, 9.17) is 0 Å². The largest absolute Gasteiger partial charge is 0.400 e. The Morgan fingerprint density at radius 1 is 1.55 bits per heavy atom. The molecule has 1 aliphatic heterocycles. The van der Waals surface area contributed by atoms with Gasteiger partial charge in [0.1, 0.15) is 17.8 Å². The normalized spacial score (nSPS) is 21.9. The highest BCUT2D eigenvalue weighted by Gasteiger charge is 2.45. The summed E-state index contributed by atoms with van der Waals surface area (Å²) < 4.78 is 39.9. The summed E-state index contributed by atoms with van der Waals surface area (Å²) in [6.07, 6.45) is -1.24. The zero-order valence-corrected chi connectivity index (χ0v) is 11.3. The predicted octanol–water partition coefficient (Wildman–Crippen LogP) is 1.09. The van der Waals surface area contributed by atoms with Crippen LogP contribution in [-0.2, 0) is 11.8 Å².